The number of carbonyl (C=O) groups is 2. The molecule has 1 aliphatic heterocycles. The van der Waals surface area contributed by atoms with Crippen LogP contribution in [0.4, 0.5) is 10.8 Å². The Labute approximate surface area is 194 Å². The van der Waals surface area contributed by atoms with Crippen LogP contribution in [0.2, 0.25) is 0 Å². The minimum absolute atomic E-state index is 0.114. The first-order valence-corrected chi connectivity index (χ1v) is 11.5. The number of rotatable bonds is 5. The Morgan fingerprint density at radius 1 is 1.24 bits per heavy atom. The second-order valence-electron chi connectivity index (χ2n) is 7.98. The zero-order valence-corrected chi connectivity index (χ0v) is 19.1. The lowest BCUT2D eigenvalue weighted by Crippen LogP contribution is -2.34. The molecule has 0 bridgehead atoms. The van der Waals surface area contributed by atoms with Crippen molar-refractivity contribution < 1.29 is 9.59 Å². The van der Waals surface area contributed by atoms with Crippen molar-refractivity contribution >= 4 is 34.0 Å². The van der Waals surface area contributed by atoms with Gasteiger partial charge in [0.1, 0.15) is 0 Å². The summed E-state index contributed by atoms with van der Waals surface area (Å²) in [6.07, 6.45) is 6.37. The van der Waals surface area contributed by atoms with Gasteiger partial charge in [-0.2, -0.15) is 5.10 Å². The van der Waals surface area contributed by atoms with E-state index in [4.69, 9.17) is 0 Å². The standard InChI is InChI=1S/C24H22N6O2S/c1-15-19(13-29(2)28-15)23(32)27-24-26-20(14-33-24)17-5-7-21-18(10-17)6-8-22(31)30(21)12-16-4-3-9-25-11-16/h3-5,7,9-11,13-14H,6,8,12H2,1-2H3,(H,26,27,32). The Morgan fingerprint density at radius 3 is 2.88 bits per heavy atom. The summed E-state index contributed by atoms with van der Waals surface area (Å²) in [5, 5.41) is 9.53. The smallest absolute Gasteiger partial charge is 0.260 e. The molecule has 0 saturated heterocycles. The Morgan fingerprint density at radius 2 is 2.12 bits per heavy atom. The quantitative estimate of drug-likeness (QED) is 0.488. The van der Waals surface area contributed by atoms with E-state index in [1.807, 2.05) is 34.5 Å². The van der Waals surface area contributed by atoms with Crippen LogP contribution < -0.4 is 10.2 Å². The van der Waals surface area contributed by atoms with Crippen molar-refractivity contribution in [2.24, 2.45) is 7.05 Å². The molecule has 0 spiro atoms. The van der Waals surface area contributed by atoms with E-state index in [0.29, 0.717) is 35.8 Å². The number of hydrogen-bond donors (Lipinski definition) is 1. The Bertz CT molecular complexity index is 1340. The monoisotopic (exact) mass is 458 g/mol. The molecule has 4 aromatic rings. The van der Waals surface area contributed by atoms with Gasteiger partial charge in [-0.25, -0.2) is 4.98 Å². The second kappa shape index (κ2) is 8.59. The van der Waals surface area contributed by atoms with Crippen molar-refractivity contribution in [3.63, 3.8) is 0 Å². The van der Waals surface area contributed by atoms with Gasteiger partial charge in [0, 0.05) is 48.7 Å². The molecule has 1 N–H and O–H groups in total. The molecule has 0 unspecified atom stereocenters. The number of carbonyl (C=O) groups excluding carboxylic acids is 2. The van der Waals surface area contributed by atoms with Crippen LogP contribution in [0, 0.1) is 6.92 Å². The molecule has 4 heterocycles. The van der Waals surface area contributed by atoms with Crippen LogP contribution in [0.25, 0.3) is 11.3 Å². The second-order valence-corrected chi connectivity index (χ2v) is 8.84. The molecule has 2 amide bonds. The van der Waals surface area contributed by atoms with E-state index in [1.54, 1.807) is 37.2 Å². The lowest BCUT2D eigenvalue weighted by molar-refractivity contribution is -0.119. The Hall–Kier alpha value is -3.85. The van der Waals surface area contributed by atoms with Crippen molar-refractivity contribution in [2.45, 2.75) is 26.3 Å². The van der Waals surface area contributed by atoms with Gasteiger partial charge in [0.15, 0.2) is 5.13 Å². The first-order chi connectivity index (χ1) is 16.0. The summed E-state index contributed by atoms with van der Waals surface area (Å²) < 4.78 is 1.62. The third kappa shape index (κ3) is 4.27. The van der Waals surface area contributed by atoms with Crippen molar-refractivity contribution in [1.82, 2.24) is 19.7 Å². The molecule has 166 valence electrons. The summed E-state index contributed by atoms with van der Waals surface area (Å²) in [6, 6.07) is 9.89. The maximum absolute atomic E-state index is 12.6. The lowest BCUT2D eigenvalue weighted by atomic mass is 9.97. The molecular formula is C24H22N6O2S. The molecule has 1 aliphatic rings. The van der Waals surface area contributed by atoms with Gasteiger partial charge in [-0.15, -0.1) is 11.3 Å². The number of aryl methyl sites for hydroxylation is 3. The third-order valence-corrected chi connectivity index (χ3v) is 6.38. The van der Waals surface area contributed by atoms with E-state index >= 15 is 0 Å². The van der Waals surface area contributed by atoms with E-state index in [9.17, 15) is 9.59 Å². The average molecular weight is 459 g/mol. The average Bonchev–Trinajstić information content (AvgIpc) is 3.41. The van der Waals surface area contributed by atoms with E-state index in [1.165, 1.54) is 11.3 Å². The molecule has 0 radical (unpaired) electrons. The molecule has 33 heavy (non-hydrogen) atoms. The number of benzene rings is 1. The Balaban J connectivity index is 1.36. The molecule has 9 heteroatoms. The number of fused-ring (bicyclic) bond motifs is 1. The maximum atomic E-state index is 12.6. The van der Waals surface area contributed by atoms with Crippen molar-refractivity contribution in [3.05, 3.63) is 76.7 Å². The number of amides is 2. The van der Waals surface area contributed by atoms with Crippen LogP contribution in [-0.2, 0) is 24.8 Å². The number of hydrogen-bond acceptors (Lipinski definition) is 6. The van der Waals surface area contributed by atoms with Crippen LogP contribution in [0.15, 0.2) is 54.3 Å². The molecule has 0 atom stereocenters. The molecule has 1 aromatic carbocycles. The van der Waals surface area contributed by atoms with Crippen molar-refractivity contribution in [2.75, 3.05) is 10.2 Å². The zero-order chi connectivity index (χ0) is 22.9. The van der Waals surface area contributed by atoms with Crippen molar-refractivity contribution in [1.29, 1.82) is 0 Å². The summed E-state index contributed by atoms with van der Waals surface area (Å²) in [6.45, 7) is 2.30. The summed E-state index contributed by atoms with van der Waals surface area (Å²) in [4.78, 5) is 35.8. The highest BCUT2D eigenvalue weighted by atomic mass is 32.1. The van der Waals surface area contributed by atoms with E-state index in [0.717, 1.165) is 28.1 Å². The minimum Gasteiger partial charge on any atom is -0.308 e. The summed E-state index contributed by atoms with van der Waals surface area (Å²) in [5.74, 6) is -0.111. The predicted octanol–water partition coefficient (Wildman–Crippen LogP) is 3.98. The third-order valence-electron chi connectivity index (χ3n) is 5.62. The molecule has 0 fully saturated rings. The minimum atomic E-state index is -0.225. The van der Waals surface area contributed by atoms with Gasteiger partial charge in [0.2, 0.25) is 5.91 Å². The van der Waals surface area contributed by atoms with Crippen LogP contribution in [-0.4, -0.2) is 31.6 Å². The van der Waals surface area contributed by atoms with Crippen LogP contribution >= 0.6 is 11.3 Å². The number of nitrogens with one attached hydrogen (secondary N) is 1. The fourth-order valence-corrected chi connectivity index (χ4v) is 4.73. The molecular weight excluding hydrogens is 436 g/mol. The van der Waals surface area contributed by atoms with Crippen LogP contribution in [0.3, 0.4) is 0 Å². The SMILES string of the molecule is Cc1nn(C)cc1C(=O)Nc1nc(-c2ccc3c(c2)CCC(=O)N3Cc2cccnc2)cs1. The lowest BCUT2D eigenvalue weighted by Gasteiger charge is -2.29. The molecule has 5 rings (SSSR count). The van der Waals surface area contributed by atoms with E-state index in [2.05, 4.69) is 26.4 Å². The largest absolute Gasteiger partial charge is 0.308 e. The van der Waals surface area contributed by atoms with Gasteiger partial charge in [-0.3, -0.25) is 24.6 Å². The van der Waals surface area contributed by atoms with Gasteiger partial charge < -0.3 is 4.90 Å². The van der Waals surface area contributed by atoms with E-state index < -0.39 is 0 Å². The summed E-state index contributed by atoms with van der Waals surface area (Å²) >= 11 is 1.38. The molecule has 0 saturated carbocycles. The van der Waals surface area contributed by atoms with Gasteiger partial charge in [0.25, 0.3) is 5.91 Å². The van der Waals surface area contributed by atoms with Gasteiger partial charge in [-0.1, -0.05) is 12.1 Å². The molecule has 8 nitrogen and oxygen atoms in total. The van der Waals surface area contributed by atoms with Gasteiger partial charge >= 0.3 is 0 Å². The number of pyridine rings is 1. The first kappa shape index (κ1) is 21.0. The number of aromatic nitrogens is 4. The maximum Gasteiger partial charge on any atom is 0.260 e. The highest BCUT2D eigenvalue weighted by Crippen LogP contribution is 2.34. The molecule has 3 aromatic heterocycles. The zero-order valence-electron chi connectivity index (χ0n) is 18.3. The fourth-order valence-electron chi connectivity index (χ4n) is 4.02. The number of nitrogens with zero attached hydrogens (tertiary/aromatic N) is 5. The first-order valence-electron chi connectivity index (χ1n) is 10.6. The van der Waals surface area contributed by atoms with Gasteiger partial charge in [-0.05, 0) is 42.7 Å². The predicted molar refractivity (Wildman–Crippen MR) is 127 cm³/mol. The van der Waals surface area contributed by atoms with E-state index in [-0.39, 0.29) is 11.8 Å². The number of thiazole rings is 1. The van der Waals surface area contributed by atoms with Crippen LogP contribution in [0.5, 0.6) is 0 Å². The molecule has 0 aliphatic carbocycles. The topological polar surface area (TPSA) is 93.0 Å². The Kier molecular flexibility index (Phi) is 5.47. The summed E-state index contributed by atoms with van der Waals surface area (Å²) in [5.41, 5.74) is 5.98. The number of anilines is 2. The van der Waals surface area contributed by atoms with Gasteiger partial charge in [0.05, 0.1) is 23.5 Å². The van der Waals surface area contributed by atoms with Crippen LogP contribution in [0.1, 0.15) is 33.6 Å². The van der Waals surface area contributed by atoms with Crippen molar-refractivity contribution in [3.8, 4) is 11.3 Å². The summed E-state index contributed by atoms with van der Waals surface area (Å²) in [7, 11) is 1.78. The highest BCUT2D eigenvalue weighted by Gasteiger charge is 2.25. The fraction of sp³-hybridized carbons (Fsp3) is 0.208. The normalized spacial score (nSPS) is 13.2. The highest BCUT2D eigenvalue weighted by molar-refractivity contribution is 7.14.